The maximum absolute atomic E-state index is 8.90. The van der Waals surface area contributed by atoms with Gasteiger partial charge in [0.2, 0.25) is 0 Å². The lowest BCUT2D eigenvalue weighted by Gasteiger charge is -2.30. The van der Waals surface area contributed by atoms with Crippen LogP contribution in [0, 0.1) is 11.3 Å². The topological polar surface area (TPSA) is 45.0 Å². The molecule has 3 rings (SSSR count). The number of benzene rings is 2. The van der Waals surface area contributed by atoms with Gasteiger partial charge in [-0.1, -0.05) is 24.3 Å². The molecule has 0 bridgehead atoms. The molecule has 0 aliphatic heterocycles. The second kappa shape index (κ2) is 5.26. The summed E-state index contributed by atoms with van der Waals surface area (Å²) in [5.41, 5.74) is 4.44. The Hall–Kier alpha value is -2.47. The van der Waals surface area contributed by atoms with E-state index in [1.165, 1.54) is 11.1 Å². The Morgan fingerprint density at radius 2 is 2.15 bits per heavy atom. The highest BCUT2D eigenvalue weighted by Crippen LogP contribution is 2.35. The van der Waals surface area contributed by atoms with Gasteiger partial charge in [0.05, 0.1) is 24.4 Å². The van der Waals surface area contributed by atoms with Crippen LogP contribution in [0.15, 0.2) is 42.5 Å². The number of nitrogens with zero attached hydrogens (tertiary/aromatic N) is 1. The van der Waals surface area contributed by atoms with Crippen molar-refractivity contribution >= 4 is 5.69 Å². The number of methoxy groups -OCH3 is 1. The van der Waals surface area contributed by atoms with Gasteiger partial charge in [-0.25, -0.2) is 0 Å². The quantitative estimate of drug-likeness (QED) is 0.921. The van der Waals surface area contributed by atoms with Crippen molar-refractivity contribution in [1.82, 2.24) is 0 Å². The van der Waals surface area contributed by atoms with Crippen molar-refractivity contribution in [3.05, 3.63) is 59.2 Å². The fourth-order valence-electron chi connectivity index (χ4n) is 2.68. The van der Waals surface area contributed by atoms with Gasteiger partial charge in [-0.2, -0.15) is 5.26 Å². The Morgan fingerprint density at radius 1 is 1.30 bits per heavy atom. The number of anilines is 1. The van der Waals surface area contributed by atoms with E-state index < -0.39 is 0 Å². The van der Waals surface area contributed by atoms with Crippen molar-refractivity contribution in [2.45, 2.75) is 12.3 Å². The highest BCUT2D eigenvalue weighted by molar-refractivity contribution is 5.60. The predicted octanol–water partition coefficient (Wildman–Crippen LogP) is 3.32. The molecule has 2 aromatic carbocycles. The summed E-state index contributed by atoms with van der Waals surface area (Å²) in [6, 6.07) is 16.2. The van der Waals surface area contributed by atoms with Crippen molar-refractivity contribution in [3.8, 4) is 11.8 Å². The molecule has 20 heavy (non-hydrogen) atoms. The average Bonchev–Trinajstić information content (AvgIpc) is 2.48. The van der Waals surface area contributed by atoms with Crippen molar-refractivity contribution in [2.24, 2.45) is 0 Å². The average molecular weight is 264 g/mol. The van der Waals surface area contributed by atoms with Crippen molar-refractivity contribution in [1.29, 1.82) is 5.26 Å². The van der Waals surface area contributed by atoms with E-state index in [0.717, 1.165) is 24.4 Å². The van der Waals surface area contributed by atoms with Gasteiger partial charge in [-0.05, 0) is 29.7 Å². The van der Waals surface area contributed by atoms with Crippen LogP contribution in [0.4, 0.5) is 5.69 Å². The standard InChI is InChI=1S/C17H16N2O/c1-20-17-8-12(10-18)6-7-16(17)19-11-14-9-13-4-2-3-5-15(13)14/h2-8,14,19H,9,11H2,1H3. The summed E-state index contributed by atoms with van der Waals surface area (Å²) < 4.78 is 5.33. The number of ether oxygens (including phenoxy) is 1. The van der Waals surface area contributed by atoms with Crippen molar-refractivity contribution in [3.63, 3.8) is 0 Å². The Balaban J connectivity index is 1.70. The summed E-state index contributed by atoms with van der Waals surface area (Å²) in [6.07, 6.45) is 1.13. The minimum atomic E-state index is 0.562. The van der Waals surface area contributed by atoms with Gasteiger partial charge < -0.3 is 10.1 Å². The zero-order valence-corrected chi connectivity index (χ0v) is 11.4. The van der Waals surface area contributed by atoms with E-state index in [1.807, 2.05) is 6.07 Å². The van der Waals surface area contributed by atoms with Gasteiger partial charge in [0.15, 0.2) is 0 Å². The Bertz CT molecular complexity index is 673. The van der Waals surface area contributed by atoms with Crippen LogP contribution in [0.3, 0.4) is 0 Å². The van der Waals surface area contributed by atoms with Crippen LogP contribution in [-0.4, -0.2) is 13.7 Å². The fourth-order valence-corrected chi connectivity index (χ4v) is 2.68. The smallest absolute Gasteiger partial charge is 0.143 e. The highest BCUT2D eigenvalue weighted by Gasteiger charge is 2.25. The molecule has 100 valence electrons. The molecule has 0 radical (unpaired) electrons. The molecule has 2 aromatic rings. The Kier molecular flexibility index (Phi) is 3.30. The van der Waals surface area contributed by atoms with Crippen LogP contribution >= 0.6 is 0 Å². The lowest BCUT2D eigenvalue weighted by atomic mass is 9.77. The molecule has 0 saturated heterocycles. The SMILES string of the molecule is COc1cc(C#N)ccc1NCC1Cc2ccccc21. The van der Waals surface area contributed by atoms with Crippen LogP contribution in [0.1, 0.15) is 22.6 Å². The van der Waals surface area contributed by atoms with E-state index in [-0.39, 0.29) is 0 Å². The first-order valence-corrected chi connectivity index (χ1v) is 6.71. The van der Waals surface area contributed by atoms with Gasteiger partial charge >= 0.3 is 0 Å². The lowest BCUT2D eigenvalue weighted by Crippen LogP contribution is -2.24. The molecular weight excluding hydrogens is 248 g/mol. The largest absolute Gasteiger partial charge is 0.495 e. The highest BCUT2D eigenvalue weighted by atomic mass is 16.5. The van der Waals surface area contributed by atoms with Crippen LogP contribution in [0.2, 0.25) is 0 Å². The summed E-state index contributed by atoms with van der Waals surface area (Å²) in [5, 5.41) is 12.3. The minimum Gasteiger partial charge on any atom is -0.495 e. The molecule has 0 fully saturated rings. The first-order valence-electron chi connectivity index (χ1n) is 6.71. The second-order valence-corrected chi connectivity index (χ2v) is 5.01. The van der Waals surface area contributed by atoms with E-state index in [4.69, 9.17) is 10.00 Å². The molecule has 1 unspecified atom stereocenters. The molecule has 0 amide bonds. The molecule has 0 saturated carbocycles. The van der Waals surface area contributed by atoms with Crippen LogP contribution < -0.4 is 10.1 Å². The first-order chi connectivity index (χ1) is 9.81. The van der Waals surface area contributed by atoms with Gasteiger partial charge in [-0.3, -0.25) is 0 Å². The molecule has 3 nitrogen and oxygen atoms in total. The number of rotatable bonds is 4. The van der Waals surface area contributed by atoms with E-state index >= 15 is 0 Å². The van der Waals surface area contributed by atoms with Gasteiger partial charge in [0, 0.05) is 18.5 Å². The number of hydrogen-bond donors (Lipinski definition) is 1. The van der Waals surface area contributed by atoms with E-state index in [0.29, 0.717) is 11.5 Å². The number of hydrogen-bond acceptors (Lipinski definition) is 3. The Labute approximate surface area is 118 Å². The normalized spacial score (nSPS) is 15.7. The summed E-state index contributed by atoms with van der Waals surface area (Å²) in [4.78, 5) is 0. The Morgan fingerprint density at radius 3 is 2.90 bits per heavy atom. The minimum absolute atomic E-state index is 0.562. The summed E-state index contributed by atoms with van der Waals surface area (Å²) >= 11 is 0. The van der Waals surface area contributed by atoms with Crippen LogP contribution in [0.5, 0.6) is 5.75 Å². The molecule has 0 spiro atoms. The zero-order chi connectivity index (χ0) is 13.9. The summed E-state index contributed by atoms with van der Waals surface area (Å²) in [6.45, 7) is 0.888. The third-order valence-corrected chi connectivity index (χ3v) is 3.83. The lowest BCUT2D eigenvalue weighted by molar-refractivity contribution is 0.416. The van der Waals surface area contributed by atoms with E-state index in [2.05, 4.69) is 35.7 Å². The molecule has 0 aromatic heterocycles. The number of fused-ring (bicyclic) bond motifs is 1. The van der Waals surface area contributed by atoms with Crippen molar-refractivity contribution in [2.75, 3.05) is 19.0 Å². The van der Waals surface area contributed by atoms with Gasteiger partial charge in [0.1, 0.15) is 5.75 Å². The number of nitriles is 1. The van der Waals surface area contributed by atoms with Gasteiger partial charge in [-0.15, -0.1) is 0 Å². The van der Waals surface area contributed by atoms with Crippen molar-refractivity contribution < 1.29 is 4.74 Å². The number of nitrogens with one attached hydrogen (secondary N) is 1. The van der Waals surface area contributed by atoms with Crippen LogP contribution in [0.25, 0.3) is 0 Å². The molecule has 3 heteroatoms. The molecule has 1 N–H and O–H groups in total. The maximum atomic E-state index is 8.90. The zero-order valence-electron chi connectivity index (χ0n) is 11.4. The van der Waals surface area contributed by atoms with E-state index in [9.17, 15) is 0 Å². The second-order valence-electron chi connectivity index (χ2n) is 5.01. The third-order valence-electron chi connectivity index (χ3n) is 3.83. The first kappa shape index (κ1) is 12.6. The molecule has 1 aliphatic carbocycles. The molecule has 1 atom stereocenters. The predicted molar refractivity (Wildman–Crippen MR) is 79.1 cm³/mol. The van der Waals surface area contributed by atoms with Crippen LogP contribution in [-0.2, 0) is 6.42 Å². The monoisotopic (exact) mass is 264 g/mol. The fraction of sp³-hybridized carbons (Fsp3) is 0.235. The maximum Gasteiger partial charge on any atom is 0.143 e. The molecule has 1 aliphatic rings. The summed E-state index contributed by atoms with van der Waals surface area (Å²) in [7, 11) is 1.63. The third kappa shape index (κ3) is 2.21. The van der Waals surface area contributed by atoms with Gasteiger partial charge in [0.25, 0.3) is 0 Å². The summed E-state index contributed by atoms with van der Waals surface area (Å²) in [5.74, 6) is 1.28. The van der Waals surface area contributed by atoms with E-state index in [1.54, 1.807) is 19.2 Å². The molecular formula is C17H16N2O. The molecule has 0 heterocycles.